The van der Waals surface area contributed by atoms with Gasteiger partial charge in [-0.15, -0.1) is 0 Å². The third-order valence-electron chi connectivity index (χ3n) is 5.09. The molecule has 0 unspecified atom stereocenters. The van der Waals surface area contributed by atoms with Crippen LogP contribution in [-0.2, 0) is 6.42 Å². The molecular formula is C21H33NO. The predicted octanol–water partition coefficient (Wildman–Crippen LogP) is 4.58. The van der Waals surface area contributed by atoms with Gasteiger partial charge in [-0.05, 0) is 38.3 Å². The van der Waals surface area contributed by atoms with E-state index in [1.165, 1.54) is 44.1 Å². The van der Waals surface area contributed by atoms with Gasteiger partial charge in [-0.3, -0.25) is 4.90 Å². The summed E-state index contributed by atoms with van der Waals surface area (Å²) >= 11 is 0. The van der Waals surface area contributed by atoms with Crippen molar-refractivity contribution in [3.63, 3.8) is 0 Å². The highest BCUT2D eigenvalue weighted by Gasteiger charge is 2.36. The quantitative estimate of drug-likeness (QED) is 0.532. The Kier molecular flexibility index (Phi) is 7.84. The molecule has 0 aromatic heterocycles. The standard InChI is InChI=1S/C21H33NO/c1-3-4-5-6-7-8-12-15-19-17-21(23)20(22(19)2)16-18-13-10-9-11-14-18/h9-15,19-21,23H,3-8,16-17H2,1-2H3/b15-12+/t19-,20+,21+/m1/s1. The van der Waals surface area contributed by atoms with Gasteiger partial charge in [-0.1, -0.05) is 75.1 Å². The van der Waals surface area contributed by atoms with Crippen molar-refractivity contribution in [1.29, 1.82) is 0 Å². The van der Waals surface area contributed by atoms with Crippen molar-refractivity contribution in [3.05, 3.63) is 48.0 Å². The molecule has 1 aromatic carbocycles. The lowest BCUT2D eigenvalue weighted by Gasteiger charge is -2.25. The number of aliphatic hydroxyl groups is 1. The molecule has 1 heterocycles. The van der Waals surface area contributed by atoms with Crippen LogP contribution in [-0.4, -0.2) is 35.2 Å². The average molecular weight is 316 g/mol. The van der Waals surface area contributed by atoms with Gasteiger partial charge in [-0.25, -0.2) is 0 Å². The molecule has 0 bridgehead atoms. The van der Waals surface area contributed by atoms with E-state index in [1.807, 2.05) is 6.07 Å². The van der Waals surface area contributed by atoms with Gasteiger partial charge in [0.25, 0.3) is 0 Å². The molecule has 2 nitrogen and oxygen atoms in total. The Labute approximate surface area is 142 Å². The average Bonchev–Trinajstić information content (AvgIpc) is 2.83. The van der Waals surface area contributed by atoms with Crippen LogP contribution in [0, 0.1) is 0 Å². The largest absolute Gasteiger partial charge is 0.391 e. The van der Waals surface area contributed by atoms with Crippen LogP contribution in [0.1, 0.15) is 57.4 Å². The van der Waals surface area contributed by atoms with Crippen molar-refractivity contribution < 1.29 is 5.11 Å². The Morgan fingerprint density at radius 1 is 1.13 bits per heavy atom. The van der Waals surface area contributed by atoms with Gasteiger partial charge in [-0.2, -0.15) is 0 Å². The molecule has 1 N–H and O–H groups in total. The number of benzene rings is 1. The number of allylic oxidation sites excluding steroid dienone is 1. The molecule has 0 amide bonds. The molecule has 1 fully saturated rings. The minimum absolute atomic E-state index is 0.223. The smallest absolute Gasteiger partial charge is 0.0716 e. The molecule has 3 atom stereocenters. The summed E-state index contributed by atoms with van der Waals surface area (Å²) in [5.74, 6) is 0. The van der Waals surface area contributed by atoms with Crippen LogP contribution in [0.4, 0.5) is 0 Å². The maximum atomic E-state index is 10.4. The second-order valence-electron chi connectivity index (χ2n) is 6.92. The summed E-state index contributed by atoms with van der Waals surface area (Å²) in [4.78, 5) is 2.35. The molecule has 1 aromatic rings. The maximum Gasteiger partial charge on any atom is 0.0716 e. The topological polar surface area (TPSA) is 23.5 Å². The summed E-state index contributed by atoms with van der Waals surface area (Å²) in [5.41, 5.74) is 1.31. The highest BCUT2D eigenvalue weighted by molar-refractivity contribution is 5.18. The van der Waals surface area contributed by atoms with E-state index in [2.05, 4.69) is 55.3 Å². The van der Waals surface area contributed by atoms with Gasteiger partial charge in [0.05, 0.1) is 6.10 Å². The Bertz CT molecular complexity index is 456. The third kappa shape index (κ3) is 5.78. The maximum absolute atomic E-state index is 10.4. The zero-order valence-electron chi connectivity index (χ0n) is 14.8. The highest BCUT2D eigenvalue weighted by atomic mass is 16.3. The van der Waals surface area contributed by atoms with Crippen molar-refractivity contribution in [3.8, 4) is 0 Å². The summed E-state index contributed by atoms with van der Waals surface area (Å²) in [6.45, 7) is 2.26. The zero-order valence-corrected chi connectivity index (χ0v) is 14.8. The molecule has 1 saturated heterocycles. The summed E-state index contributed by atoms with van der Waals surface area (Å²) < 4.78 is 0. The Balaban J connectivity index is 1.76. The second kappa shape index (κ2) is 9.89. The second-order valence-corrected chi connectivity index (χ2v) is 6.92. The lowest BCUT2D eigenvalue weighted by molar-refractivity contribution is 0.125. The fraction of sp³-hybridized carbons (Fsp3) is 0.619. The molecule has 2 rings (SSSR count). The van der Waals surface area contributed by atoms with E-state index in [0.717, 1.165) is 12.8 Å². The van der Waals surface area contributed by atoms with E-state index in [0.29, 0.717) is 6.04 Å². The number of likely N-dealkylation sites (tertiary alicyclic amines) is 1. The minimum atomic E-state index is -0.223. The van der Waals surface area contributed by atoms with Crippen LogP contribution >= 0.6 is 0 Å². The number of hydrogen-bond acceptors (Lipinski definition) is 2. The predicted molar refractivity (Wildman–Crippen MR) is 98.6 cm³/mol. The van der Waals surface area contributed by atoms with E-state index in [1.54, 1.807) is 0 Å². The van der Waals surface area contributed by atoms with Gasteiger partial charge in [0.15, 0.2) is 0 Å². The summed E-state index contributed by atoms with van der Waals surface area (Å²) in [6, 6.07) is 11.1. The third-order valence-corrected chi connectivity index (χ3v) is 5.09. The number of hydrogen-bond donors (Lipinski definition) is 1. The Morgan fingerprint density at radius 3 is 2.61 bits per heavy atom. The van der Waals surface area contributed by atoms with Crippen molar-refractivity contribution in [2.75, 3.05) is 7.05 Å². The molecule has 0 spiro atoms. The first-order valence-electron chi connectivity index (χ1n) is 9.33. The first kappa shape index (κ1) is 18.2. The van der Waals surface area contributed by atoms with Crippen LogP contribution in [0.3, 0.4) is 0 Å². The van der Waals surface area contributed by atoms with Crippen LogP contribution in [0.25, 0.3) is 0 Å². The Morgan fingerprint density at radius 2 is 1.87 bits per heavy atom. The molecule has 128 valence electrons. The van der Waals surface area contributed by atoms with Crippen LogP contribution < -0.4 is 0 Å². The van der Waals surface area contributed by atoms with Crippen molar-refractivity contribution >= 4 is 0 Å². The lowest BCUT2D eigenvalue weighted by Crippen LogP contribution is -2.36. The Hall–Kier alpha value is -1.12. The zero-order chi connectivity index (χ0) is 16.5. The fourth-order valence-corrected chi connectivity index (χ4v) is 3.56. The highest BCUT2D eigenvalue weighted by Crippen LogP contribution is 2.26. The molecule has 0 radical (unpaired) electrons. The van der Waals surface area contributed by atoms with Crippen LogP contribution in [0.15, 0.2) is 42.5 Å². The molecule has 2 heteroatoms. The van der Waals surface area contributed by atoms with Crippen molar-refractivity contribution in [2.24, 2.45) is 0 Å². The fourth-order valence-electron chi connectivity index (χ4n) is 3.56. The molecule has 1 aliphatic heterocycles. The van der Waals surface area contributed by atoms with E-state index in [-0.39, 0.29) is 12.1 Å². The van der Waals surface area contributed by atoms with E-state index in [4.69, 9.17) is 0 Å². The lowest BCUT2D eigenvalue weighted by atomic mass is 10.0. The first-order chi connectivity index (χ1) is 11.2. The van der Waals surface area contributed by atoms with Gasteiger partial charge >= 0.3 is 0 Å². The SMILES string of the molecule is CCCCCCC/C=C/[C@@H]1C[C@H](O)[C@H](Cc2ccccc2)N1C. The number of likely N-dealkylation sites (N-methyl/N-ethyl adjacent to an activating group) is 1. The summed E-state index contributed by atoms with van der Waals surface area (Å²) in [7, 11) is 2.15. The first-order valence-corrected chi connectivity index (χ1v) is 9.33. The number of aliphatic hydroxyl groups excluding tert-OH is 1. The molecule has 0 aliphatic carbocycles. The normalized spacial score (nSPS) is 25.4. The van der Waals surface area contributed by atoms with E-state index >= 15 is 0 Å². The van der Waals surface area contributed by atoms with Gasteiger partial charge < -0.3 is 5.11 Å². The van der Waals surface area contributed by atoms with E-state index in [9.17, 15) is 5.11 Å². The molecular weight excluding hydrogens is 282 g/mol. The molecule has 0 saturated carbocycles. The van der Waals surface area contributed by atoms with Crippen molar-refractivity contribution in [2.45, 2.75) is 76.5 Å². The minimum Gasteiger partial charge on any atom is -0.391 e. The van der Waals surface area contributed by atoms with E-state index < -0.39 is 0 Å². The summed E-state index contributed by atoms with van der Waals surface area (Å²) in [6.07, 6.45) is 14.1. The molecule has 23 heavy (non-hydrogen) atoms. The number of nitrogens with zero attached hydrogens (tertiary/aromatic N) is 1. The molecule has 1 aliphatic rings. The monoisotopic (exact) mass is 315 g/mol. The number of unbranched alkanes of at least 4 members (excludes halogenated alkanes) is 5. The van der Waals surface area contributed by atoms with Gasteiger partial charge in [0.1, 0.15) is 0 Å². The van der Waals surface area contributed by atoms with Crippen LogP contribution in [0.5, 0.6) is 0 Å². The van der Waals surface area contributed by atoms with Gasteiger partial charge in [0, 0.05) is 12.1 Å². The van der Waals surface area contributed by atoms with Crippen LogP contribution in [0.2, 0.25) is 0 Å². The van der Waals surface area contributed by atoms with Crippen molar-refractivity contribution in [1.82, 2.24) is 4.90 Å². The summed E-state index contributed by atoms with van der Waals surface area (Å²) in [5, 5.41) is 10.4. The van der Waals surface area contributed by atoms with Gasteiger partial charge in [0.2, 0.25) is 0 Å². The number of rotatable bonds is 9.